The molecule has 0 spiro atoms. The summed E-state index contributed by atoms with van der Waals surface area (Å²) in [6, 6.07) is 15.9. The van der Waals surface area contributed by atoms with E-state index in [4.69, 9.17) is 4.74 Å². The fourth-order valence-electron chi connectivity index (χ4n) is 2.22. The summed E-state index contributed by atoms with van der Waals surface area (Å²) in [5.41, 5.74) is 0.503. The van der Waals surface area contributed by atoms with Crippen molar-refractivity contribution < 1.29 is 19.4 Å². The molecule has 0 radical (unpaired) electrons. The molecule has 0 unspecified atom stereocenters. The normalized spacial score (nSPS) is 16.0. The summed E-state index contributed by atoms with van der Waals surface area (Å²) < 4.78 is 5.52. The van der Waals surface area contributed by atoms with Gasteiger partial charge in [0.2, 0.25) is 0 Å². The maximum Gasteiger partial charge on any atom is 0.293 e. The number of para-hydroxylation sites is 2. The summed E-state index contributed by atoms with van der Waals surface area (Å²) in [6.07, 6.45) is 1.53. The van der Waals surface area contributed by atoms with E-state index in [2.05, 4.69) is 0 Å². The van der Waals surface area contributed by atoms with Crippen molar-refractivity contribution in [3.8, 4) is 11.5 Å². The van der Waals surface area contributed by atoms with Gasteiger partial charge in [-0.2, -0.15) is 0 Å². The van der Waals surface area contributed by atoms with Gasteiger partial charge in [-0.1, -0.05) is 36.4 Å². The Morgan fingerprint density at radius 1 is 1.04 bits per heavy atom. The molecule has 3 rings (SSSR count). The number of amides is 2. The molecule has 0 saturated carbocycles. The first-order chi connectivity index (χ1) is 11.6. The average molecular weight is 341 g/mol. The fourth-order valence-corrected chi connectivity index (χ4v) is 3.07. The molecule has 2 aromatic rings. The Bertz CT molecular complexity index is 789. The third kappa shape index (κ3) is 3.60. The molecule has 6 heteroatoms. The van der Waals surface area contributed by atoms with Gasteiger partial charge < -0.3 is 9.84 Å². The number of carbonyl (C=O) groups excluding carboxylic acids is 2. The van der Waals surface area contributed by atoms with Crippen molar-refractivity contribution >= 4 is 29.0 Å². The number of benzene rings is 2. The minimum absolute atomic E-state index is 0.0664. The van der Waals surface area contributed by atoms with Crippen LogP contribution >= 0.6 is 11.8 Å². The second-order valence-electron chi connectivity index (χ2n) is 5.05. The number of rotatable bonds is 5. The van der Waals surface area contributed by atoms with Crippen LogP contribution in [0.3, 0.4) is 0 Å². The van der Waals surface area contributed by atoms with Crippen molar-refractivity contribution in [3.63, 3.8) is 0 Å². The minimum atomic E-state index is -0.370. The molecule has 5 nitrogen and oxygen atoms in total. The highest BCUT2D eigenvalue weighted by Crippen LogP contribution is 2.33. The fraction of sp³-hybridized carbons (Fsp3) is 0.111. The van der Waals surface area contributed by atoms with Gasteiger partial charge in [0.05, 0.1) is 11.4 Å². The number of carbonyl (C=O) groups is 2. The lowest BCUT2D eigenvalue weighted by atomic mass is 10.2. The number of phenols is 1. The van der Waals surface area contributed by atoms with Crippen molar-refractivity contribution in [3.05, 3.63) is 65.1 Å². The van der Waals surface area contributed by atoms with E-state index in [-0.39, 0.29) is 30.0 Å². The quantitative estimate of drug-likeness (QED) is 0.843. The van der Waals surface area contributed by atoms with Crippen molar-refractivity contribution in [1.29, 1.82) is 0 Å². The summed E-state index contributed by atoms with van der Waals surface area (Å²) in [6.45, 7) is 0.406. The van der Waals surface area contributed by atoms with Crippen LogP contribution < -0.4 is 4.74 Å². The largest absolute Gasteiger partial charge is 0.507 e. The first-order valence-corrected chi connectivity index (χ1v) is 8.18. The predicted molar refractivity (Wildman–Crippen MR) is 92.7 cm³/mol. The number of thioether (sulfide) groups is 1. The van der Waals surface area contributed by atoms with E-state index in [0.717, 1.165) is 16.7 Å². The highest BCUT2D eigenvalue weighted by atomic mass is 32.2. The molecule has 122 valence electrons. The van der Waals surface area contributed by atoms with Crippen LogP contribution in [-0.2, 0) is 4.79 Å². The van der Waals surface area contributed by atoms with Crippen LogP contribution in [-0.4, -0.2) is 34.3 Å². The zero-order valence-electron chi connectivity index (χ0n) is 12.7. The number of nitrogens with zero attached hydrogens (tertiary/aromatic N) is 1. The van der Waals surface area contributed by atoms with Gasteiger partial charge in [-0.15, -0.1) is 0 Å². The van der Waals surface area contributed by atoms with E-state index >= 15 is 0 Å². The molecular weight excluding hydrogens is 326 g/mol. The Labute approximate surface area is 143 Å². The highest BCUT2D eigenvalue weighted by molar-refractivity contribution is 8.18. The third-order valence-corrected chi connectivity index (χ3v) is 4.33. The second kappa shape index (κ2) is 7.23. The number of imide groups is 1. The van der Waals surface area contributed by atoms with Crippen molar-refractivity contribution in [1.82, 2.24) is 4.90 Å². The Kier molecular flexibility index (Phi) is 4.86. The summed E-state index contributed by atoms with van der Waals surface area (Å²) in [7, 11) is 0. The first kappa shape index (κ1) is 16.1. The molecular formula is C18H15NO4S. The average Bonchev–Trinajstić information content (AvgIpc) is 2.85. The van der Waals surface area contributed by atoms with E-state index in [1.807, 2.05) is 30.3 Å². The zero-order valence-corrected chi connectivity index (χ0v) is 13.5. The molecule has 1 heterocycles. The van der Waals surface area contributed by atoms with Gasteiger partial charge in [-0.3, -0.25) is 14.5 Å². The molecule has 1 N–H and O–H groups in total. The van der Waals surface area contributed by atoms with Crippen LogP contribution in [0.15, 0.2) is 59.5 Å². The minimum Gasteiger partial charge on any atom is -0.507 e. The second-order valence-corrected chi connectivity index (χ2v) is 6.05. The van der Waals surface area contributed by atoms with Crippen molar-refractivity contribution in [2.75, 3.05) is 13.2 Å². The topological polar surface area (TPSA) is 66.8 Å². The standard InChI is InChI=1S/C18H15NO4S/c20-15-9-5-4-6-13(15)12-16-17(21)19(18(22)24-16)10-11-23-14-7-2-1-3-8-14/h1-9,12,20H,10-11H2. The molecule has 0 atom stereocenters. The van der Waals surface area contributed by atoms with E-state index in [9.17, 15) is 14.7 Å². The summed E-state index contributed by atoms with van der Waals surface area (Å²) in [5.74, 6) is 0.385. The van der Waals surface area contributed by atoms with Crippen molar-refractivity contribution in [2.24, 2.45) is 0 Å². The SMILES string of the molecule is O=C1SC(=Cc2ccccc2O)C(=O)N1CCOc1ccccc1. The van der Waals surface area contributed by atoms with E-state index in [1.165, 1.54) is 12.1 Å². The highest BCUT2D eigenvalue weighted by Gasteiger charge is 2.34. The van der Waals surface area contributed by atoms with Crippen molar-refractivity contribution in [2.45, 2.75) is 0 Å². The lowest BCUT2D eigenvalue weighted by Gasteiger charge is -2.13. The van der Waals surface area contributed by atoms with Crippen LogP contribution in [0.2, 0.25) is 0 Å². The predicted octanol–water partition coefficient (Wildman–Crippen LogP) is 3.51. The van der Waals surface area contributed by atoms with Gasteiger partial charge in [-0.25, -0.2) is 0 Å². The maximum atomic E-state index is 12.4. The Morgan fingerprint density at radius 3 is 2.50 bits per heavy atom. The molecule has 1 aliphatic rings. The van der Waals surface area contributed by atoms with E-state index in [1.54, 1.807) is 18.2 Å². The van der Waals surface area contributed by atoms with E-state index < -0.39 is 0 Å². The number of hydrogen-bond acceptors (Lipinski definition) is 5. The lowest BCUT2D eigenvalue weighted by molar-refractivity contribution is -0.123. The number of ether oxygens (including phenoxy) is 1. The van der Waals surface area contributed by atoms with Gasteiger partial charge in [0.15, 0.2) is 0 Å². The molecule has 0 aliphatic carbocycles. The van der Waals surface area contributed by atoms with E-state index in [0.29, 0.717) is 16.2 Å². The molecule has 2 aromatic carbocycles. The Hall–Kier alpha value is -2.73. The molecule has 1 fully saturated rings. The van der Waals surface area contributed by atoms with Crippen LogP contribution in [0.5, 0.6) is 11.5 Å². The van der Waals surface area contributed by atoms with Gasteiger partial charge >= 0.3 is 0 Å². The van der Waals surface area contributed by atoms with Crippen LogP contribution in [0, 0.1) is 0 Å². The number of phenolic OH excluding ortho intramolecular Hbond substituents is 1. The molecule has 0 bridgehead atoms. The van der Waals surface area contributed by atoms with Gasteiger partial charge in [0.1, 0.15) is 18.1 Å². The third-order valence-electron chi connectivity index (χ3n) is 3.42. The smallest absolute Gasteiger partial charge is 0.293 e. The van der Waals surface area contributed by atoms with Crippen LogP contribution in [0.1, 0.15) is 5.56 Å². The molecule has 2 amide bonds. The zero-order chi connectivity index (χ0) is 16.9. The summed E-state index contributed by atoms with van der Waals surface area (Å²) >= 11 is 0.863. The van der Waals surface area contributed by atoms with Crippen LogP contribution in [0.25, 0.3) is 6.08 Å². The molecule has 1 saturated heterocycles. The molecule has 0 aromatic heterocycles. The summed E-state index contributed by atoms with van der Waals surface area (Å²) in [4.78, 5) is 25.8. The van der Waals surface area contributed by atoms with Gasteiger partial charge in [-0.05, 0) is 36.0 Å². The Balaban J connectivity index is 1.65. The molecule has 24 heavy (non-hydrogen) atoms. The lowest BCUT2D eigenvalue weighted by Crippen LogP contribution is -2.32. The first-order valence-electron chi connectivity index (χ1n) is 7.36. The van der Waals surface area contributed by atoms with Gasteiger partial charge in [0.25, 0.3) is 11.1 Å². The number of aromatic hydroxyl groups is 1. The maximum absolute atomic E-state index is 12.4. The monoisotopic (exact) mass is 341 g/mol. The Morgan fingerprint density at radius 2 is 1.75 bits per heavy atom. The van der Waals surface area contributed by atoms with Crippen LogP contribution in [0.4, 0.5) is 4.79 Å². The van der Waals surface area contributed by atoms with Gasteiger partial charge in [0, 0.05) is 5.56 Å². The molecule has 1 aliphatic heterocycles. The number of hydrogen-bond donors (Lipinski definition) is 1. The summed E-state index contributed by atoms with van der Waals surface area (Å²) in [5, 5.41) is 9.44.